The number of phenolic OH excluding ortho intramolecular Hbond substituents is 1. The number of allylic oxidation sites excluding steroid dienone is 1. The van der Waals surface area contributed by atoms with E-state index in [0.717, 1.165) is 12.0 Å². The lowest BCUT2D eigenvalue weighted by molar-refractivity contribution is 0.473. The highest BCUT2D eigenvalue weighted by molar-refractivity contribution is 5.85. The van der Waals surface area contributed by atoms with Crippen LogP contribution < -0.4 is 0 Å². The van der Waals surface area contributed by atoms with Gasteiger partial charge in [-0.25, -0.2) is 0 Å². The maximum Gasteiger partial charge on any atom is 0.123 e. The number of hydrogen-bond acceptors (Lipinski definition) is 1. The van der Waals surface area contributed by atoms with E-state index in [0.29, 0.717) is 5.75 Å². The Labute approximate surface area is 71.8 Å². The molecule has 58 valence electrons. The van der Waals surface area contributed by atoms with Crippen molar-refractivity contribution in [2.45, 2.75) is 6.42 Å². The van der Waals surface area contributed by atoms with Crippen molar-refractivity contribution >= 4 is 18.5 Å². The van der Waals surface area contributed by atoms with E-state index in [2.05, 4.69) is 6.08 Å². The zero-order valence-electron chi connectivity index (χ0n) is 5.95. The second-order valence-electron chi connectivity index (χ2n) is 2.46. The predicted molar refractivity (Wildman–Crippen MR) is 48.1 cm³/mol. The standard InChI is InChI=1S/C9H8O.ClH/c10-9-6-2-4-7-3-1-5-8(7)9;/h1-2,4-6,10H,3H2;1H. The molecule has 1 aromatic rings. The number of halogens is 1. The fourth-order valence-corrected chi connectivity index (χ4v) is 1.27. The minimum Gasteiger partial charge on any atom is -0.507 e. The first-order valence-corrected chi connectivity index (χ1v) is 3.35. The van der Waals surface area contributed by atoms with Gasteiger partial charge in [0.15, 0.2) is 0 Å². The third-order valence-electron chi connectivity index (χ3n) is 1.80. The smallest absolute Gasteiger partial charge is 0.123 e. The lowest BCUT2D eigenvalue weighted by Crippen LogP contribution is -1.79. The van der Waals surface area contributed by atoms with Crippen molar-refractivity contribution in [3.05, 3.63) is 35.4 Å². The molecule has 1 aliphatic rings. The molecule has 1 nitrogen and oxygen atoms in total. The van der Waals surface area contributed by atoms with E-state index in [-0.39, 0.29) is 12.4 Å². The lowest BCUT2D eigenvalue weighted by Gasteiger charge is -1.98. The molecule has 11 heavy (non-hydrogen) atoms. The van der Waals surface area contributed by atoms with E-state index in [4.69, 9.17) is 0 Å². The van der Waals surface area contributed by atoms with Crippen molar-refractivity contribution in [1.82, 2.24) is 0 Å². The van der Waals surface area contributed by atoms with Crippen LogP contribution in [0.25, 0.3) is 6.08 Å². The molecule has 0 unspecified atom stereocenters. The van der Waals surface area contributed by atoms with Gasteiger partial charge in [0.25, 0.3) is 0 Å². The summed E-state index contributed by atoms with van der Waals surface area (Å²) < 4.78 is 0. The number of rotatable bonds is 0. The van der Waals surface area contributed by atoms with Gasteiger partial charge in [-0.2, -0.15) is 0 Å². The Morgan fingerprint density at radius 2 is 2.09 bits per heavy atom. The average molecular weight is 169 g/mol. The Kier molecular flexibility index (Phi) is 2.20. The highest BCUT2D eigenvalue weighted by Crippen LogP contribution is 2.27. The van der Waals surface area contributed by atoms with E-state index >= 15 is 0 Å². The summed E-state index contributed by atoms with van der Waals surface area (Å²) in [6, 6.07) is 5.63. The fraction of sp³-hybridized carbons (Fsp3) is 0.111. The second-order valence-corrected chi connectivity index (χ2v) is 2.46. The maximum atomic E-state index is 9.28. The minimum absolute atomic E-state index is 0. The Bertz CT molecular complexity index is 292. The first-order valence-electron chi connectivity index (χ1n) is 3.35. The molecule has 0 saturated heterocycles. The summed E-state index contributed by atoms with van der Waals surface area (Å²) in [5.41, 5.74) is 2.21. The first-order chi connectivity index (χ1) is 4.88. The molecule has 0 heterocycles. The molecule has 0 saturated carbocycles. The van der Waals surface area contributed by atoms with E-state index in [9.17, 15) is 5.11 Å². The van der Waals surface area contributed by atoms with Crippen LogP contribution in [0.2, 0.25) is 0 Å². The molecule has 1 aliphatic carbocycles. The Balaban J connectivity index is 0.000000605. The van der Waals surface area contributed by atoms with Crippen LogP contribution in [0.3, 0.4) is 0 Å². The number of benzene rings is 1. The van der Waals surface area contributed by atoms with Gasteiger partial charge in [-0.1, -0.05) is 24.3 Å². The van der Waals surface area contributed by atoms with Gasteiger partial charge in [0.2, 0.25) is 0 Å². The Hall–Kier alpha value is -0.950. The van der Waals surface area contributed by atoms with Gasteiger partial charge in [-0.05, 0) is 18.1 Å². The fourth-order valence-electron chi connectivity index (χ4n) is 1.27. The molecular weight excluding hydrogens is 160 g/mol. The predicted octanol–water partition coefficient (Wildman–Crippen LogP) is 2.38. The van der Waals surface area contributed by atoms with Gasteiger partial charge in [-0.15, -0.1) is 12.4 Å². The van der Waals surface area contributed by atoms with Crippen molar-refractivity contribution in [2.75, 3.05) is 0 Å². The molecule has 0 fully saturated rings. The van der Waals surface area contributed by atoms with Crippen LogP contribution in [0.5, 0.6) is 5.75 Å². The summed E-state index contributed by atoms with van der Waals surface area (Å²) in [4.78, 5) is 0. The van der Waals surface area contributed by atoms with Crippen molar-refractivity contribution in [1.29, 1.82) is 0 Å². The summed E-state index contributed by atoms with van der Waals surface area (Å²) in [7, 11) is 0. The van der Waals surface area contributed by atoms with Crippen LogP contribution in [0.15, 0.2) is 24.3 Å². The number of hydrogen-bond donors (Lipinski definition) is 1. The minimum atomic E-state index is 0. The molecule has 0 radical (unpaired) electrons. The third-order valence-corrected chi connectivity index (χ3v) is 1.80. The maximum absolute atomic E-state index is 9.28. The Morgan fingerprint density at radius 1 is 1.27 bits per heavy atom. The number of phenols is 1. The van der Waals surface area contributed by atoms with Gasteiger partial charge < -0.3 is 5.11 Å². The molecule has 2 rings (SSSR count). The molecule has 0 spiro atoms. The highest BCUT2D eigenvalue weighted by Gasteiger charge is 2.06. The molecule has 0 amide bonds. The number of fused-ring (bicyclic) bond motifs is 1. The largest absolute Gasteiger partial charge is 0.507 e. The average Bonchev–Trinajstić information content (AvgIpc) is 2.36. The molecule has 2 heteroatoms. The van der Waals surface area contributed by atoms with Crippen molar-refractivity contribution in [3.63, 3.8) is 0 Å². The van der Waals surface area contributed by atoms with Crippen molar-refractivity contribution in [2.24, 2.45) is 0 Å². The quantitative estimate of drug-likeness (QED) is 0.631. The summed E-state index contributed by atoms with van der Waals surface area (Å²) >= 11 is 0. The summed E-state index contributed by atoms with van der Waals surface area (Å²) in [6.45, 7) is 0. The van der Waals surface area contributed by atoms with E-state index in [1.807, 2.05) is 18.2 Å². The first kappa shape index (κ1) is 8.15. The van der Waals surface area contributed by atoms with Crippen LogP contribution in [0.4, 0.5) is 0 Å². The normalized spacial score (nSPS) is 12.4. The van der Waals surface area contributed by atoms with Crippen LogP contribution in [-0.2, 0) is 6.42 Å². The second kappa shape index (κ2) is 2.97. The molecule has 0 aromatic heterocycles. The van der Waals surface area contributed by atoms with E-state index in [1.54, 1.807) is 6.07 Å². The highest BCUT2D eigenvalue weighted by atomic mass is 35.5. The van der Waals surface area contributed by atoms with Crippen LogP contribution in [-0.4, -0.2) is 5.11 Å². The molecular formula is C9H9ClO. The van der Waals surface area contributed by atoms with Crippen molar-refractivity contribution in [3.8, 4) is 5.75 Å². The van der Waals surface area contributed by atoms with Gasteiger partial charge in [-0.3, -0.25) is 0 Å². The molecule has 1 N–H and O–H groups in total. The molecule has 0 aliphatic heterocycles. The SMILES string of the molecule is Cl.Oc1cccc2c1C=CC2. The topological polar surface area (TPSA) is 20.2 Å². The molecule has 1 aromatic carbocycles. The molecule has 0 bridgehead atoms. The van der Waals surface area contributed by atoms with Gasteiger partial charge in [0.05, 0.1) is 0 Å². The van der Waals surface area contributed by atoms with Gasteiger partial charge >= 0.3 is 0 Å². The van der Waals surface area contributed by atoms with E-state index < -0.39 is 0 Å². The van der Waals surface area contributed by atoms with Crippen LogP contribution in [0.1, 0.15) is 11.1 Å². The monoisotopic (exact) mass is 168 g/mol. The zero-order chi connectivity index (χ0) is 6.97. The summed E-state index contributed by atoms with van der Waals surface area (Å²) in [6.07, 6.45) is 4.98. The third kappa shape index (κ3) is 1.24. The van der Waals surface area contributed by atoms with E-state index in [1.165, 1.54) is 5.56 Å². The Morgan fingerprint density at radius 3 is 2.82 bits per heavy atom. The van der Waals surface area contributed by atoms with Crippen LogP contribution >= 0.6 is 12.4 Å². The van der Waals surface area contributed by atoms with Crippen molar-refractivity contribution < 1.29 is 5.11 Å². The summed E-state index contributed by atoms with van der Waals surface area (Å²) in [5, 5.41) is 9.28. The van der Waals surface area contributed by atoms with Gasteiger partial charge in [0.1, 0.15) is 5.75 Å². The number of aromatic hydroxyl groups is 1. The summed E-state index contributed by atoms with van der Waals surface area (Å²) in [5.74, 6) is 0.395. The zero-order valence-corrected chi connectivity index (χ0v) is 6.77. The van der Waals surface area contributed by atoms with Gasteiger partial charge in [0, 0.05) is 5.56 Å². The molecule has 0 atom stereocenters. The lowest BCUT2D eigenvalue weighted by atomic mass is 10.1. The van der Waals surface area contributed by atoms with Crippen LogP contribution in [0, 0.1) is 0 Å².